The molecule has 0 fully saturated rings. The van der Waals surface area contributed by atoms with E-state index >= 15 is 0 Å². The van der Waals surface area contributed by atoms with E-state index in [-0.39, 0.29) is 0 Å². The van der Waals surface area contributed by atoms with Gasteiger partial charge in [0.2, 0.25) is 0 Å². The summed E-state index contributed by atoms with van der Waals surface area (Å²) in [5.41, 5.74) is 9.56. The molecule has 114 valence electrons. The molecular formula is C22H15NS. The SMILES string of the molecule is Nc1ccc2c(sc3ccccc32)c1-c1ccc2ccccc2c1. The van der Waals surface area contributed by atoms with Gasteiger partial charge in [0, 0.05) is 31.4 Å². The van der Waals surface area contributed by atoms with Gasteiger partial charge >= 0.3 is 0 Å². The van der Waals surface area contributed by atoms with E-state index in [1.54, 1.807) is 0 Å². The predicted octanol–water partition coefficient (Wildman–Crippen LogP) is 6.46. The molecule has 0 aliphatic heterocycles. The maximum Gasteiger partial charge on any atom is 0.0454 e. The molecule has 2 N–H and O–H groups in total. The van der Waals surface area contributed by atoms with Crippen LogP contribution in [0, 0.1) is 0 Å². The van der Waals surface area contributed by atoms with Crippen LogP contribution in [0.25, 0.3) is 42.1 Å². The number of hydrogen-bond acceptors (Lipinski definition) is 2. The molecule has 0 unspecified atom stereocenters. The molecule has 0 amide bonds. The summed E-state index contributed by atoms with van der Waals surface area (Å²) in [6.45, 7) is 0. The Labute approximate surface area is 144 Å². The van der Waals surface area contributed by atoms with Crippen LogP contribution >= 0.6 is 11.3 Å². The Morgan fingerprint density at radius 2 is 1.46 bits per heavy atom. The Balaban J connectivity index is 1.88. The van der Waals surface area contributed by atoms with E-state index in [1.807, 2.05) is 17.4 Å². The molecule has 0 aliphatic rings. The standard InChI is InChI=1S/C22H15NS/c23-19-12-11-18-17-7-3-4-8-20(17)24-22(18)21(19)16-10-9-14-5-1-2-6-15(14)13-16/h1-13H,23H2. The third-order valence-corrected chi connectivity index (χ3v) is 5.82. The fraction of sp³-hybridized carbons (Fsp3) is 0. The summed E-state index contributed by atoms with van der Waals surface area (Å²) in [6.07, 6.45) is 0. The summed E-state index contributed by atoms with van der Waals surface area (Å²) in [5.74, 6) is 0. The first-order valence-electron chi connectivity index (χ1n) is 8.00. The first-order chi connectivity index (χ1) is 11.8. The lowest BCUT2D eigenvalue weighted by molar-refractivity contribution is 1.69. The van der Waals surface area contributed by atoms with Crippen LogP contribution in [0.3, 0.4) is 0 Å². The molecule has 24 heavy (non-hydrogen) atoms. The molecule has 0 saturated heterocycles. The highest BCUT2D eigenvalue weighted by Gasteiger charge is 2.13. The number of rotatable bonds is 1. The number of anilines is 1. The highest BCUT2D eigenvalue weighted by molar-refractivity contribution is 7.26. The second-order valence-corrected chi connectivity index (χ2v) is 7.12. The van der Waals surface area contributed by atoms with Crippen LogP contribution in [-0.4, -0.2) is 0 Å². The molecule has 1 heterocycles. The van der Waals surface area contributed by atoms with E-state index in [0.29, 0.717) is 0 Å². The molecular weight excluding hydrogens is 310 g/mol. The van der Waals surface area contributed by atoms with Crippen LogP contribution in [-0.2, 0) is 0 Å². The fourth-order valence-corrected chi connectivity index (χ4v) is 4.73. The maximum atomic E-state index is 6.39. The van der Waals surface area contributed by atoms with Crippen molar-refractivity contribution in [2.24, 2.45) is 0 Å². The minimum atomic E-state index is 0.837. The third kappa shape index (κ3) is 1.93. The second-order valence-electron chi connectivity index (χ2n) is 6.07. The van der Waals surface area contributed by atoms with E-state index in [4.69, 9.17) is 5.73 Å². The molecule has 5 rings (SSSR count). The summed E-state index contributed by atoms with van der Waals surface area (Å²) in [7, 11) is 0. The van der Waals surface area contributed by atoms with Crippen LogP contribution in [0.15, 0.2) is 78.9 Å². The second kappa shape index (κ2) is 5.08. The lowest BCUT2D eigenvalue weighted by Gasteiger charge is -2.09. The van der Waals surface area contributed by atoms with Crippen molar-refractivity contribution in [1.82, 2.24) is 0 Å². The Morgan fingerprint density at radius 3 is 2.38 bits per heavy atom. The molecule has 0 radical (unpaired) electrons. The summed E-state index contributed by atoms with van der Waals surface area (Å²) < 4.78 is 2.58. The van der Waals surface area contributed by atoms with Gasteiger partial charge in [-0.1, -0.05) is 60.7 Å². The lowest BCUT2D eigenvalue weighted by atomic mass is 9.98. The quantitative estimate of drug-likeness (QED) is 0.352. The highest BCUT2D eigenvalue weighted by Crippen LogP contribution is 2.43. The highest BCUT2D eigenvalue weighted by atomic mass is 32.1. The molecule has 0 bridgehead atoms. The van der Waals surface area contributed by atoms with Crippen molar-refractivity contribution >= 4 is 48.0 Å². The zero-order valence-electron chi connectivity index (χ0n) is 13.0. The van der Waals surface area contributed by atoms with E-state index in [2.05, 4.69) is 72.8 Å². The number of hydrogen-bond donors (Lipinski definition) is 1. The monoisotopic (exact) mass is 325 g/mol. The number of benzene rings is 4. The topological polar surface area (TPSA) is 26.0 Å². The first-order valence-corrected chi connectivity index (χ1v) is 8.82. The number of nitrogen functional groups attached to an aromatic ring is 1. The van der Waals surface area contributed by atoms with Crippen molar-refractivity contribution in [3.8, 4) is 11.1 Å². The molecule has 1 aromatic heterocycles. The average molecular weight is 325 g/mol. The van der Waals surface area contributed by atoms with Gasteiger partial charge in [0.1, 0.15) is 0 Å². The van der Waals surface area contributed by atoms with Gasteiger partial charge in [-0.15, -0.1) is 11.3 Å². The molecule has 0 aliphatic carbocycles. The van der Waals surface area contributed by atoms with Crippen molar-refractivity contribution in [2.75, 3.05) is 5.73 Å². The Kier molecular flexibility index (Phi) is 2.88. The largest absolute Gasteiger partial charge is 0.398 e. The maximum absolute atomic E-state index is 6.39. The summed E-state index contributed by atoms with van der Waals surface area (Å²) >= 11 is 1.82. The van der Waals surface area contributed by atoms with Gasteiger partial charge in [-0.3, -0.25) is 0 Å². The van der Waals surface area contributed by atoms with Gasteiger partial charge in [0.25, 0.3) is 0 Å². The average Bonchev–Trinajstić information content (AvgIpc) is 2.99. The minimum Gasteiger partial charge on any atom is -0.398 e. The van der Waals surface area contributed by atoms with Crippen molar-refractivity contribution in [2.45, 2.75) is 0 Å². The summed E-state index contributed by atoms with van der Waals surface area (Å²) in [6, 6.07) is 27.8. The summed E-state index contributed by atoms with van der Waals surface area (Å²) in [5, 5.41) is 5.09. The molecule has 4 aromatic carbocycles. The molecule has 0 atom stereocenters. The zero-order valence-corrected chi connectivity index (χ0v) is 13.8. The Bertz CT molecular complexity index is 1220. The minimum absolute atomic E-state index is 0.837. The molecule has 2 heteroatoms. The first kappa shape index (κ1) is 13.6. The van der Waals surface area contributed by atoms with Crippen molar-refractivity contribution in [3.05, 3.63) is 78.9 Å². The fourth-order valence-electron chi connectivity index (χ4n) is 3.45. The predicted molar refractivity (Wildman–Crippen MR) is 107 cm³/mol. The van der Waals surface area contributed by atoms with E-state index < -0.39 is 0 Å². The Morgan fingerprint density at radius 1 is 0.667 bits per heavy atom. The van der Waals surface area contributed by atoms with E-state index in [9.17, 15) is 0 Å². The van der Waals surface area contributed by atoms with Crippen molar-refractivity contribution < 1.29 is 0 Å². The summed E-state index contributed by atoms with van der Waals surface area (Å²) in [4.78, 5) is 0. The van der Waals surface area contributed by atoms with Crippen LogP contribution < -0.4 is 5.73 Å². The van der Waals surface area contributed by atoms with Crippen molar-refractivity contribution in [1.29, 1.82) is 0 Å². The third-order valence-electron chi connectivity index (χ3n) is 4.62. The van der Waals surface area contributed by atoms with Crippen LogP contribution in [0.2, 0.25) is 0 Å². The van der Waals surface area contributed by atoms with Crippen LogP contribution in [0.4, 0.5) is 5.69 Å². The van der Waals surface area contributed by atoms with Gasteiger partial charge in [0.05, 0.1) is 0 Å². The van der Waals surface area contributed by atoms with Gasteiger partial charge in [-0.25, -0.2) is 0 Å². The van der Waals surface area contributed by atoms with E-state index in [1.165, 1.54) is 36.5 Å². The van der Waals surface area contributed by atoms with Crippen molar-refractivity contribution in [3.63, 3.8) is 0 Å². The van der Waals surface area contributed by atoms with E-state index in [0.717, 1.165) is 11.3 Å². The lowest BCUT2D eigenvalue weighted by Crippen LogP contribution is -1.90. The van der Waals surface area contributed by atoms with Crippen LogP contribution in [0.1, 0.15) is 0 Å². The zero-order chi connectivity index (χ0) is 16.1. The number of fused-ring (bicyclic) bond motifs is 4. The van der Waals surface area contributed by atoms with Gasteiger partial charge < -0.3 is 5.73 Å². The van der Waals surface area contributed by atoms with Crippen LogP contribution in [0.5, 0.6) is 0 Å². The van der Waals surface area contributed by atoms with Gasteiger partial charge in [-0.2, -0.15) is 0 Å². The Hall–Kier alpha value is -2.84. The molecule has 0 saturated carbocycles. The normalized spacial score (nSPS) is 11.5. The van der Waals surface area contributed by atoms with Gasteiger partial charge in [-0.05, 0) is 34.5 Å². The van der Waals surface area contributed by atoms with Gasteiger partial charge in [0.15, 0.2) is 0 Å². The molecule has 5 aromatic rings. The molecule has 0 spiro atoms. The number of nitrogens with two attached hydrogens (primary N) is 1. The smallest absolute Gasteiger partial charge is 0.0454 e. The molecule has 1 nitrogen and oxygen atoms in total. The number of thiophene rings is 1.